The normalized spacial score (nSPS) is 16.4. The fourth-order valence-corrected chi connectivity index (χ4v) is 4.31. The molecule has 5 nitrogen and oxygen atoms in total. The highest BCUT2D eigenvalue weighted by Crippen LogP contribution is 2.23. The van der Waals surface area contributed by atoms with Crippen molar-refractivity contribution in [1.82, 2.24) is 9.88 Å². The summed E-state index contributed by atoms with van der Waals surface area (Å²) in [7, 11) is -3.27. The summed E-state index contributed by atoms with van der Waals surface area (Å²) in [6, 6.07) is 13.9. The van der Waals surface area contributed by atoms with E-state index in [9.17, 15) is 8.42 Å². The number of rotatable bonds is 6. The fraction of sp³-hybridized carbons (Fsp3) is 0.450. The molecule has 1 aliphatic heterocycles. The van der Waals surface area contributed by atoms with Gasteiger partial charge in [-0.1, -0.05) is 30.3 Å². The summed E-state index contributed by atoms with van der Waals surface area (Å²) in [5, 5.41) is 0. The number of pyridine rings is 1. The van der Waals surface area contributed by atoms with Gasteiger partial charge in [0.2, 0.25) is 0 Å². The van der Waals surface area contributed by atoms with Gasteiger partial charge in [0.1, 0.15) is 10.7 Å². The number of anilines is 1. The zero-order chi connectivity index (χ0) is 18.4. The zero-order valence-electron chi connectivity index (χ0n) is 15.3. The second-order valence-corrected chi connectivity index (χ2v) is 8.85. The second-order valence-electron chi connectivity index (χ2n) is 6.87. The van der Waals surface area contributed by atoms with Gasteiger partial charge in [0.05, 0.1) is 0 Å². The van der Waals surface area contributed by atoms with Crippen molar-refractivity contribution in [1.29, 1.82) is 0 Å². The lowest BCUT2D eigenvalue weighted by Gasteiger charge is -2.24. The van der Waals surface area contributed by atoms with Crippen LogP contribution in [0.1, 0.15) is 18.4 Å². The highest BCUT2D eigenvalue weighted by Gasteiger charge is 2.21. The van der Waals surface area contributed by atoms with E-state index in [0.717, 1.165) is 52.0 Å². The van der Waals surface area contributed by atoms with Gasteiger partial charge in [-0.15, -0.1) is 0 Å². The molecule has 0 radical (unpaired) electrons. The fourth-order valence-electron chi connectivity index (χ4n) is 3.47. The van der Waals surface area contributed by atoms with Crippen LogP contribution in [-0.2, 0) is 16.3 Å². The number of nitrogens with zero attached hydrogens (tertiary/aromatic N) is 3. The number of sulfone groups is 1. The Kier molecular flexibility index (Phi) is 6.27. The second kappa shape index (κ2) is 8.64. The minimum absolute atomic E-state index is 0.331. The maximum absolute atomic E-state index is 12.0. The Balaban J connectivity index is 1.57. The first-order valence-corrected chi connectivity index (χ1v) is 11.1. The summed E-state index contributed by atoms with van der Waals surface area (Å²) < 4.78 is 24.1. The third kappa shape index (κ3) is 5.05. The third-order valence-electron chi connectivity index (χ3n) is 4.82. The van der Waals surface area contributed by atoms with E-state index in [2.05, 4.69) is 45.1 Å². The molecule has 1 aromatic heterocycles. The average Bonchev–Trinajstić information content (AvgIpc) is 2.88. The quantitative estimate of drug-likeness (QED) is 0.779. The van der Waals surface area contributed by atoms with E-state index >= 15 is 0 Å². The summed E-state index contributed by atoms with van der Waals surface area (Å²) in [4.78, 5) is 9.29. The van der Waals surface area contributed by atoms with Crippen molar-refractivity contribution in [2.75, 3.05) is 43.9 Å². The van der Waals surface area contributed by atoms with Crippen molar-refractivity contribution < 1.29 is 8.42 Å². The molecule has 0 saturated carbocycles. The van der Waals surface area contributed by atoms with E-state index < -0.39 is 9.84 Å². The molecule has 1 aromatic carbocycles. The minimum atomic E-state index is -3.27. The minimum Gasteiger partial charge on any atom is -0.354 e. The van der Waals surface area contributed by atoms with E-state index in [1.807, 2.05) is 0 Å². The van der Waals surface area contributed by atoms with Gasteiger partial charge in [0, 0.05) is 32.1 Å². The largest absolute Gasteiger partial charge is 0.354 e. The van der Waals surface area contributed by atoms with Crippen LogP contribution in [0.4, 0.5) is 5.82 Å². The standard InChI is InChI=1S/C20H27N3O2S/c1-26(24,25)19-11-5-12-21-20(19)23-15-7-14-22(16-17-23)13-6-10-18-8-3-2-4-9-18/h2-5,8-9,11-12H,6-7,10,13-17H2,1H3. The number of aromatic nitrogens is 1. The van der Waals surface area contributed by atoms with Crippen LogP contribution in [0.5, 0.6) is 0 Å². The molecule has 0 bridgehead atoms. The molecule has 1 fully saturated rings. The van der Waals surface area contributed by atoms with E-state index in [4.69, 9.17) is 0 Å². The van der Waals surface area contributed by atoms with Gasteiger partial charge in [-0.3, -0.25) is 0 Å². The summed E-state index contributed by atoms with van der Waals surface area (Å²) in [5.74, 6) is 0.598. The molecular weight excluding hydrogens is 346 g/mol. The summed E-state index contributed by atoms with van der Waals surface area (Å²) in [5.41, 5.74) is 1.38. The molecule has 0 unspecified atom stereocenters. The molecule has 3 rings (SSSR count). The smallest absolute Gasteiger partial charge is 0.179 e. The molecular formula is C20H27N3O2S. The van der Waals surface area contributed by atoms with Crippen LogP contribution in [0, 0.1) is 0 Å². The Hall–Kier alpha value is -1.92. The molecule has 0 spiro atoms. The monoisotopic (exact) mass is 373 g/mol. The molecule has 0 aliphatic carbocycles. The first kappa shape index (κ1) is 18.9. The predicted octanol–water partition coefficient (Wildman–Crippen LogP) is 2.63. The highest BCUT2D eigenvalue weighted by molar-refractivity contribution is 7.90. The third-order valence-corrected chi connectivity index (χ3v) is 5.94. The van der Waals surface area contributed by atoms with Crippen LogP contribution in [0.15, 0.2) is 53.6 Å². The molecule has 0 N–H and O–H groups in total. The molecule has 26 heavy (non-hydrogen) atoms. The lowest BCUT2D eigenvalue weighted by molar-refractivity contribution is 0.290. The molecule has 2 aromatic rings. The van der Waals surface area contributed by atoms with Crippen molar-refractivity contribution in [3.05, 3.63) is 54.2 Å². The van der Waals surface area contributed by atoms with Crippen molar-refractivity contribution >= 4 is 15.7 Å². The van der Waals surface area contributed by atoms with Crippen LogP contribution in [0.2, 0.25) is 0 Å². The molecule has 1 aliphatic rings. The summed E-state index contributed by atoms with van der Waals surface area (Å²) in [6.07, 6.45) is 6.18. The molecule has 0 atom stereocenters. The number of hydrogen-bond donors (Lipinski definition) is 0. The lowest BCUT2D eigenvalue weighted by Crippen LogP contribution is -2.32. The first-order valence-electron chi connectivity index (χ1n) is 9.20. The maximum Gasteiger partial charge on any atom is 0.179 e. The lowest BCUT2D eigenvalue weighted by atomic mass is 10.1. The first-order chi connectivity index (χ1) is 12.5. The van der Waals surface area contributed by atoms with E-state index in [1.165, 1.54) is 11.8 Å². The molecule has 6 heteroatoms. The van der Waals surface area contributed by atoms with Crippen molar-refractivity contribution in [2.24, 2.45) is 0 Å². The van der Waals surface area contributed by atoms with Gasteiger partial charge < -0.3 is 9.80 Å². The van der Waals surface area contributed by atoms with Gasteiger partial charge in [0.25, 0.3) is 0 Å². The Bertz CT molecular complexity index is 809. The van der Waals surface area contributed by atoms with E-state index in [0.29, 0.717) is 10.7 Å². The van der Waals surface area contributed by atoms with Gasteiger partial charge >= 0.3 is 0 Å². The van der Waals surface area contributed by atoms with Crippen LogP contribution in [-0.4, -0.2) is 57.3 Å². The summed E-state index contributed by atoms with van der Waals surface area (Å²) in [6.45, 7) is 4.71. The molecule has 140 valence electrons. The number of hydrogen-bond acceptors (Lipinski definition) is 5. The summed E-state index contributed by atoms with van der Waals surface area (Å²) >= 11 is 0. The molecule has 0 amide bonds. The van der Waals surface area contributed by atoms with E-state index in [-0.39, 0.29) is 0 Å². The van der Waals surface area contributed by atoms with Crippen molar-refractivity contribution in [2.45, 2.75) is 24.2 Å². The van der Waals surface area contributed by atoms with Crippen LogP contribution in [0.3, 0.4) is 0 Å². The van der Waals surface area contributed by atoms with Crippen molar-refractivity contribution in [3.8, 4) is 0 Å². The van der Waals surface area contributed by atoms with E-state index in [1.54, 1.807) is 18.3 Å². The Morgan fingerprint density at radius 1 is 1.00 bits per heavy atom. The van der Waals surface area contributed by atoms with Gasteiger partial charge in [-0.2, -0.15) is 0 Å². The Morgan fingerprint density at radius 2 is 1.81 bits per heavy atom. The Labute approximate surface area is 156 Å². The number of benzene rings is 1. The maximum atomic E-state index is 12.0. The number of aryl methyl sites for hydroxylation is 1. The van der Waals surface area contributed by atoms with Gasteiger partial charge in [-0.25, -0.2) is 13.4 Å². The molecule has 1 saturated heterocycles. The topological polar surface area (TPSA) is 53.5 Å². The average molecular weight is 374 g/mol. The predicted molar refractivity (Wildman–Crippen MR) is 105 cm³/mol. The Morgan fingerprint density at radius 3 is 2.58 bits per heavy atom. The van der Waals surface area contributed by atoms with Crippen LogP contribution >= 0.6 is 0 Å². The van der Waals surface area contributed by atoms with Gasteiger partial charge in [-0.05, 0) is 50.0 Å². The highest BCUT2D eigenvalue weighted by atomic mass is 32.2. The van der Waals surface area contributed by atoms with Crippen LogP contribution < -0.4 is 4.90 Å². The van der Waals surface area contributed by atoms with Crippen LogP contribution in [0.25, 0.3) is 0 Å². The SMILES string of the molecule is CS(=O)(=O)c1cccnc1N1CCCN(CCCc2ccccc2)CC1. The molecule has 2 heterocycles. The van der Waals surface area contributed by atoms with Gasteiger partial charge in [0.15, 0.2) is 9.84 Å². The van der Waals surface area contributed by atoms with Crippen molar-refractivity contribution in [3.63, 3.8) is 0 Å². The zero-order valence-corrected chi connectivity index (χ0v) is 16.2.